The summed E-state index contributed by atoms with van der Waals surface area (Å²) >= 11 is 3.45. The highest BCUT2D eigenvalue weighted by molar-refractivity contribution is 9.10. The van der Waals surface area contributed by atoms with Crippen LogP contribution in [0, 0.1) is 0 Å². The van der Waals surface area contributed by atoms with Crippen LogP contribution < -0.4 is 15.4 Å². The van der Waals surface area contributed by atoms with Crippen molar-refractivity contribution in [1.82, 2.24) is 14.9 Å². The monoisotopic (exact) mass is 513 g/mol. The number of hydrogen-bond donors (Lipinski definition) is 2. The molecule has 0 radical (unpaired) electrons. The molecule has 4 rings (SSSR count). The highest BCUT2D eigenvalue weighted by atomic mass is 79.9. The zero-order chi connectivity index (χ0) is 23.2. The second-order valence-corrected chi connectivity index (χ2v) is 8.71. The average molecular weight is 514 g/mol. The molecule has 33 heavy (non-hydrogen) atoms. The highest BCUT2D eigenvalue weighted by Gasteiger charge is 2.16. The van der Waals surface area contributed by atoms with E-state index >= 15 is 0 Å². The topological polar surface area (TPSA) is 79.4 Å². The van der Waals surface area contributed by atoms with Crippen LogP contribution in [0.1, 0.15) is 19.3 Å². The maximum Gasteiger partial charge on any atom is 0.284 e. The molecule has 1 saturated heterocycles. The molecule has 0 bridgehead atoms. The molecule has 0 atom stereocenters. The Hall–Kier alpha value is -3.04. The molecule has 2 aromatic carbocycles. The summed E-state index contributed by atoms with van der Waals surface area (Å²) in [6.45, 7) is 2.28. The largest absolute Gasteiger partial charge is 0.494 e. The maximum atomic E-state index is 14.5. The molecule has 3 aromatic rings. The van der Waals surface area contributed by atoms with E-state index in [9.17, 15) is 9.18 Å². The van der Waals surface area contributed by atoms with Crippen LogP contribution in [-0.2, 0) is 4.79 Å². The van der Waals surface area contributed by atoms with E-state index in [1.807, 2.05) is 24.3 Å². The molecule has 0 saturated carbocycles. The van der Waals surface area contributed by atoms with E-state index in [-0.39, 0.29) is 0 Å². The molecule has 0 unspecified atom stereocenters. The van der Waals surface area contributed by atoms with Crippen LogP contribution in [0.3, 0.4) is 0 Å². The van der Waals surface area contributed by atoms with Gasteiger partial charge in [-0.05, 0) is 56.3 Å². The summed E-state index contributed by atoms with van der Waals surface area (Å²) in [5.41, 5.74) is 1.79. The van der Waals surface area contributed by atoms with Gasteiger partial charge in [0.05, 0.1) is 18.3 Å². The van der Waals surface area contributed by atoms with E-state index in [4.69, 9.17) is 4.74 Å². The summed E-state index contributed by atoms with van der Waals surface area (Å²) < 4.78 is 20.9. The van der Waals surface area contributed by atoms with Gasteiger partial charge in [0.2, 0.25) is 0 Å². The van der Waals surface area contributed by atoms with Gasteiger partial charge < -0.3 is 15.4 Å². The van der Waals surface area contributed by atoms with Crippen LogP contribution in [0.15, 0.2) is 59.1 Å². The van der Waals surface area contributed by atoms with Gasteiger partial charge in [0, 0.05) is 28.2 Å². The molecule has 1 fully saturated rings. The van der Waals surface area contributed by atoms with Crippen molar-refractivity contribution in [3.05, 3.63) is 59.1 Å². The number of methoxy groups -OCH3 is 1. The fourth-order valence-electron chi connectivity index (χ4n) is 3.78. The lowest BCUT2D eigenvalue weighted by Gasteiger charge is -2.24. The fraction of sp³-hybridized carbons (Fsp3) is 0.292. The maximum absolute atomic E-state index is 14.5. The number of aromatic nitrogens is 2. The van der Waals surface area contributed by atoms with Crippen molar-refractivity contribution in [2.75, 3.05) is 37.4 Å². The number of carbonyl (C=O) groups is 1. The first kappa shape index (κ1) is 23.1. The van der Waals surface area contributed by atoms with Gasteiger partial charge in [-0.3, -0.25) is 9.69 Å². The van der Waals surface area contributed by atoms with E-state index < -0.39 is 11.7 Å². The van der Waals surface area contributed by atoms with Crippen molar-refractivity contribution < 1.29 is 13.9 Å². The average Bonchev–Trinajstić information content (AvgIpc) is 2.83. The molecule has 2 heterocycles. The number of anilines is 3. The third-order valence-corrected chi connectivity index (χ3v) is 5.98. The van der Waals surface area contributed by atoms with E-state index in [2.05, 4.69) is 41.4 Å². The van der Waals surface area contributed by atoms with Crippen LogP contribution >= 0.6 is 15.9 Å². The SMILES string of the molecule is COc1cc2ncnc(Nc3cccc(Br)c3)c2cc1NC(=O)/C(F)=C/CN1CCCCC1. The van der Waals surface area contributed by atoms with Crippen molar-refractivity contribution >= 4 is 49.9 Å². The predicted octanol–water partition coefficient (Wildman–Crippen LogP) is 5.42. The number of ether oxygens (including phenoxy) is 1. The van der Waals surface area contributed by atoms with Crippen LogP contribution in [0.2, 0.25) is 0 Å². The summed E-state index contributed by atoms with van der Waals surface area (Å²) in [5.74, 6) is -0.702. The first-order chi connectivity index (χ1) is 16.0. The van der Waals surface area contributed by atoms with Gasteiger partial charge in [-0.15, -0.1) is 0 Å². The number of likely N-dealkylation sites (tertiary alicyclic amines) is 1. The summed E-state index contributed by atoms with van der Waals surface area (Å²) in [6, 6.07) is 11.0. The quantitative estimate of drug-likeness (QED) is 0.410. The molecule has 0 aliphatic carbocycles. The number of amides is 1. The Kier molecular flexibility index (Phi) is 7.51. The minimum absolute atomic E-state index is 0.337. The summed E-state index contributed by atoms with van der Waals surface area (Å²) in [4.78, 5) is 23.3. The second-order valence-electron chi connectivity index (χ2n) is 7.79. The number of hydrogen-bond acceptors (Lipinski definition) is 6. The van der Waals surface area contributed by atoms with E-state index in [0.717, 1.165) is 36.1 Å². The third kappa shape index (κ3) is 5.85. The highest BCUT2D eigenvalue weighted by Crippen LogP contribution is 2.33. The zero-order valence-corrected chi connectivity index (χ0v) is 19.9. The molecule has 9 heteroatoms. The third-order valence-electron chi connectivity index (χ3n) is 5.49. The van der Waals surface area contributed by atoms with E-state index in [1.165, 1.54) is 25.9 Å². The Morgan fingerprint density at radius 1 is 1.21 bits per heavy atom. The van der Waals surface area contributed by atoms with Gasteiger partial charge in [-0.2, -0.15) is 0 Å². The lowest BCUT2D eigenvalue weighted by molar-refractivity contribution is -0.114. The van der Waals surface area contributed by atoms with E-state index in [1.54, 1.807) is 12.1 Å². The smallest absolute Gasteiger partial charge is 0.284 e. The standard InChI is InChI=1S/C24H25BrFN5O2/c1-33-22-14-20-18(23(28-15-27-20)29-17-7-5-6-16(25)12-17)13-21(22)30-24(32)19(26)8-11-31-9-3-2-4-10-31/h5-8,12-15H,2-4,9-11H2,1H3,(H,30,32)(H,27,28,29)/b19-8-. The molecule has 2 N–H and O–H groups in total. The van der Waals surface area contributed by atoms with Crippen molar-refractivity contribution in [2.45, 2.75) is 19.3 Å². The summed E-state index contributed by atoms with van der Waals surface area (Å²) in [6.07, 6.45) is 6.19. The Morgan fingerprint density at radius 3 is 2.79 bits per heavy atom. The Labute approximate surface area is 200 Å². The number of piperidine rings is 1. The Balaban J connectivity index is 1.57. The molecule has 0 spiro atoms. The number of halogens is 2. The van der Waals surface area contributed by atoms with Crippen molar-refractivity contribution in [2.24, 2.45) is 0 Å². The predicted molar refractivity (Wildman–Crippen MR) is 132 cm³/mol. The van der Waals surface area contributed by atoms with Crippen LogP contribution in [0.25, 0.3) is 10.9 Å². The van der Waals surface area contributed by atoms with Crippen molar-refractivity contribution in [1.29, 1.82) is 0 Å². The van der Waals surface area contributed by atoms with Gasteiger partial charge >= 0.3 is 0 Å². The van der Waals surface area contributed by atoms with Gasteiger partial charge in [0.1, 0.15) is 17.9 Å². The second kappa shape index (κ2) is 10.7. The molecule has 7 nitrogen and oxygen atoms in total. The molecule has 1 amide bonds. The lowest BCUT2D eigenvalue weighted by Crippen LogP contribution is -2.30. The number of nitrogens with one attached hydrogen (secondary N) is 2. The summed E-state index contributed by atoms with van der Waals surface area (Å²) in [7, 11) is 1.49. The van der Waals surface area contributed by atoms with Gasteiger partial charge in [-0.1, -0.05) is 28.4 Å². The van der Waals surface area contributed by atoms with Gasteiger partial charge in [0.15, 0.2) is 5.83 Å². The Bertz CT molecular complexity index is 1180. The van der Waals surface area contributed by atoms with E-state index in [0.29, 0.717) is 34.7 Å². The molecular weight excluding hydrogens is 489 g/mol. The van der Waals surface area contributed by atoms with Gasteiger partial charge in [0.25, 0.3) is 5.91 Å². The number of benzene rings is 2. The molecule has 1 aromatic heterocycles. The number of nitrogens with zero attached hydrogens (tertiary/aromatic N) is 3. The minimum atomic E-state index is -0.820. The lowest BCUT2D eigenvalue weighted by atomic mass is 10.1. The first-order valence-electron chi connectivity index (χ1n) is 10.8. The molecular formula is C24H25BrFN5O2. The minimum Gasteiger partial charge on any atom is -0.494 e. The molecule has 172 valence electrons. The van der Waals surface area contributed by atoms with Crippen LogP contribution in [0.4, 0.5) is 21.6 Å². The Morgan fingerprint density at radius 2 is 2.03 bits per heavy atom. The summed E-state index contributed by atoms with van der Waals surface area (Å²) in [5, 5.41) is 6.54. The first-order valence-corrected chi connectivity index (χ1v) is 11.6. The number of fused-ring (bicyclic) bond motifs is 1. The van der Waals surface area contributed by atoms with Crippen molar-refractivity contribution in [3.8, 4) is 5.75 Å². The number of carbonyl (C=O) groups excluding carboxylic acids is 1. The number of rotatable bonds is 7. The molecule has 1 aliphatic heterocycles. The fourth-order valence-corrected chi connectivity index (χ4v) is 4.18. The zero-order valence-electron chi connectivity index (χ0n) is 18.3. The molecule has 1 aliphatic rings. The van der Waals surface area contributed by atoms with Crippen LogP contribution in [0.5, 0.6) is 5.75 Å². The van der Waals surface area contributed by atoms with Crippen LogP contribution in [-0.4, -0.2) is 47.5 Å². The normalized spacial score (nSPS) is 14.8. The van der Waals surface area contributed by atoms with Gasteiger partial charge in [-0.25, -0.2) is 14.4 Å². The van der Waals surface area contributed by atoms with Crippen molar-refractivity contribution in [3.63, 3.8) is 0 Å².